The lowest BCUT2D eigenvalue weighted by Crippen LogP contribution is -2.53. The van der Waals surface area contributed by atoms with Crippen LogP contribution in [-0.4, -0.2) is 60.3 Å². The highest BCUT2D eigenvalue weighted by Gasteiger charge is 2.53. The van der Waals surface area contributed by atoms with E-state index in [2.05, 4.69) is 6.92 Å². The fourth-order valence-electron chi connectivity index (χ4n) is 3.48. The Bertz CT molecular complexity index is 308. The fraction of sp³-hybridized carbons (Fsp3) is 1.00. The van der Waals surface area contributed by atoms with Gasteiger partial charge in [-0.1, -0.05) is 58.3 Å². The summed E-state index contributed by atoms with van der Waals surface area (Å²) in [4.78, 5) is 0. The van der Waals surface area contributed by atoms with Gasteiger partial charge in [0.15, 0.2) is 0 Å². The Morgan fingerprint density at radius 1 is 0.577 bits per heavy atom. The highest BCUT2D eigenvalue weighted by atomic mass is 28.4. The van der Waals surface area contributed by atoms with E-state index < -0.39 is 17.6 Å². The molecular formula is C18H42O6Si2. The second-order valence-electron chi connectivity index (χ2n) is 6.68. The molecule has 0 rings (SSSR count). The molecular weight excluding hydrogens is 368 g/mol. The van der Waals surface area contributed by atoms with E-state index in [0.29, 0.717) is 6.04 Å². The van der Waals surface area contributed by atoms with Gasteiger partial charge < -0.3 is 26.6 Å². The van der Waals surface area contributed by atoms with Crippen LogP contribution in [0.5, 0.6) is 0 Å². The minimum absolute atomic E-state index is 0.0918. The van der Waals surface area contributed by atoms with Crippen LogP contribution >= 0.6 is 0 Å². The van der Waals surface area contributed by atoms with Gasteiger partial charge in [-0.25, -0.2) is 0 Å². The van der Waals surface area contributed by atoms with Gasteiger partial charge in [-0.3, -0.25) is 0 Å². The average molecular weight is 411 g/mol. The molecule has 0 spiro atoms. The first-order valence-corrected chi connectivity index (χ1v) is 13.6. The van der Waals surface area contributed by atoms with Gasteiger partial charge in [-0.05, 0) is 6.42 Å². The monoisotopic (exact) mass is 410 g/mol. The molecule has 1 unspecified atom stereocenters. The van der Waals surface area contributed by atoms with Crippen LogP contribution in [0.15, 0.2) is 0 Å². The molecule has 0 bridgehead atoms. The van der Waals surface area contributed by atoms with Crippen molar-refractivity contribution in [3.63, 3.8) is 0 Å². The molecule has 6 nitrogen and oxygen atoms in total. The molecule has 26 heavy (non-hydrogen) atoms. The molecule has 1 atom stereocenters. The van der Waals surface area contributed by atoms with Crippen LogP contribution in [-0.2, 0) is 26.6 Å². The summed E-state index contributed by atoms with van der Waals surface area (Å²) >= 11 is 0. The molecule has 0 radical (unpaired) electrons. The zero-order chi connectivity index (χ0) is 19.9. The molecule has 0 aromatic carbocycles. The minimum Gasteiger partial charge on any atom is -0.377 e. The molecule has 0 aromatic rings. The molecule has 0 fully saturated rings. The van der Waals surface area contributed by atoms with E-state index in [4.69, 9.17) is 26.6 Å². The van der Waals surface area contributed by atoms with Crippen LogP contribution in [0.1, 0.15) is 64.7 Å². The SMILES string of the molecule is CCCCCCCCCCC(C[Si](OC)(OC)OC)[Si](OC)(OC)OC. The molecule has 158 valence electrons. The Morgan fingerprint density at radius 3 is 1.38 bits per heavy atom. The van der Waals surface area contributed by atoms with E-state index >= 15 is 0 Å². The average Bonchev–Trinajstić information content (AvgIpc) is 2.69. The quantitative estimate of drug-likeness (QED) is 0.242. The van der Waals surface area contributed by atoms with Gasteiger partial charge in [0.1, 0.15) is 0 Å². The number of hydrogen-bond acceptors (Lipinski definition) is 6. The standard InChI is InChI=1S/C18H42O6Si2/c1-8-9-10-11-12-13-14-15-16-18(26(22-5,23-6)24-7)17-25(19-2,20-3)21-4/h18H,8-17H2,1-7H3. The fourth-order valence-corrected chi connectivity index (χ4v) is 9.10. The summed E-state index contributed by atoms with van der Waals surface area (Å²) in [5, 5.41) is 0. The third kappa shape index (κ3) is 8.47. The van der Waals surface area contributed by atoms with Crippen molar-refractivity contribution >= 4 is 17.6 Å². The van der Waals surface area contributed by atoms with Crippen LogP contribution in [0.4, 0.5) is 0 Å². The van der Waals surface area contributed by atoms with Crippen LogP contribution < -0.4 is 0 Å². The molecule has 0 N–H and O–H groups in total. The first-order valence-electron chi connectivity index (χ1n) is 9.84. The summed E-state index contributed by atoms with van der Waals surface area (Å²) in [7, 11) is 4.38. The van der Waals surface area contributed by atoms with Gasteiger partial charge in [0.2, 0.25) is 0 Å². The number of unbranched alkanes of at least 4 members (excludes halogenated alkanes) is 7. The van der Waals surface area contributed by atoms with E-state index in [1.807, 2.05) is 0 Å². The van der Waals surface area contributed by atoms with Crippen molar-refractivity contribution in [2.75, 3.05) is 42.7 Å². The lowest BCUT2D eigenvalue weighted by Gasteiger charge is -2.36. The largest absolute Gasteiger partial charge is 0.503 e. The van der Waals surface area contributed by atoms with E-state index in [-0.39, 0.29) is 5.54 Å². The van der Waals surface area contributed by atoms with E-state index in [9.17, 15) is 0 Å². The van der Waals surface area contributed by atoms with Crippen molar-refractivity contribution in [3.05, 3.63) is 0 Å². The van der Waals surface area contributed by atoms with E-state index in [1.54, 1.807) is 42.7 Å². The Kier molecular flexibility index (Phi) is 15.3. The zero-order valence-electron chi connectivity index (χ0n) is 18.1. The summed E-state index contributed by atoms with van der Waals surface area (Å²) in [6.45, 7) is 2.25. The smallest absolute Gasteiger partial charge is 0.377 e. The van der Waals surface area contributed by atoms with Crippen LogP contribution in [0.25, 0.3) is 0 Å². The highest BCUT2D eigenvalue weighted by Crippen LogP contribution is 2.37. The minimum atomic E-state index is -2.80. The van der Waals surface area contributed by atoms with Crippen molar-refractivity contribution in [1.29, 1.82) is 0 Å². The Labute approximate surface area is 163 Å². The van der Waals surface area contributed by atoms with Gasteiger partial charge in [0.25, 0.3) is 0 Å². The maximum absolute atomic E-state index is 5.75. The zero-order valence-corrected chi connectivity index (χ0v) is 20.1. The van der Waals surface area contributed by atoms with E-state index in [1.165, 1.54) is 44.9 Å². The van der Waals surface area contributed by atoms with E-state index in [0.717, 1.165) is 12.8 Å². The van der Waals surface area contributed by atoms with Gasteiger partial charge >= 0.3 is 17.6 Å². The molecule has 0 aliphatic heterocycles. The summed E-state index contributed by atoms with van der Waals surface area (Å²) in [5.74, 6) is 0. The Morgan fingerprint density at radius 2 is 1.00 bits per heavy atom. The third-order valence-electron chi connectivity index (χ3n) is 5.19. The first kappa shape index (κ1) is 26.2. The Balaban J connectivity index is 4.75. The van der Waals surface area contributed by atoms with Crippen molar-refractivity contribution in [1.82, 2.24) is 0 Å². The number of hydrogen-bond donors (Lipinski definition) is 0. The van der Waals surface area contributed by atoms with Gasteiger partial charge in [-0.15, -0.1) is 0 Å². The molecule has 8 heteroatoms. The Hall–Kier alpha value is 0.194. The molecule has 0 aliphatic carbocycles. The van der Waals surface area contributed by atoms with Gasteiger partial charge in [0.05, 0.1) is 0 Å². The van der Waals surface area contributed by atoms with Crippen molar-refractivity contribution in [2.45, 2.75) is 76.3 Å². The van der Waals surface area contributed by atoms with Crippen molar-refractivity contribution in [2.24, 2.45) is 0 Å². The maximum atomic E-state index is 5.75. The summed E-state index contributed by atoms with van der Waals surface area (Å²) in [6.07, 6.45) is 11.2. The topological polar surface area (TPSA) is 55.4 Å². The molecule has 0 aromatic heterocycles. The molecule has 0 aliphatic rings. The highest BCUT2D eigenvalue weighted by molar-refractivity contribution is 6.67. The number of rotatable bonds is 18. The summed E-state index contributed by atoms with van der Waals surface area (Å²) in [6, 6.07) is 0.634. The maximum Gasteiger partial charge on any atom is 0.503 e. The molecule has 0 saturated carbocycles. The summed E-state index contributed by atoms with van der Waals surface area (Å²) < 4.78 is 34.1. The molecule has 0 saturated heterocycles. The third-order valence-corrected chi connectivity index (χ3v) is 11.7. The second-order valence-corrected chi connectivity index (χ2v) is 12.9. The predicted molar refractivity (Wildman–Crippen MR) is 109 cm³/mol. The predicted octanol–water partition coefficient (Wildman–Crippen LogP) is 4.64. The lowest BCUT2D eigenvalue weighted by molar-refractivity contribution is 0.0957. The van der Waals surface area contributed by atoms with Crippen molar-refractivity contribution in [3.8, 4) is 0 Å². The normalized spacial score (nSPS) is 14.0. The lowest BCUT2D eigenvalue weighted by atomic mass is 10.1. The molecule has 0 heterocycles. The van der Waals surface area contributed by atoms with Crippen molar-refractivity contribution < 1.29 is 26.6 Å². The molecule has 0 amide bonds. The van der Waals surface area contributed by atoms with Crippen LogP contribution in [0.2, 0.25) is 11.6 Å². The van der Waals surface area contributed by atoms with Gasteiger partial charge in [-0.2, -0.15) is 0 Å². The second kappa shape index (κ2) is 15.2. The van der Waals surface area contributed by atoms with Crippen LogP contribution in [0.3, 0.4) is 0 Å². The van der Waals surface area contributed by atoms with Gasteiger partial charge in [0, 0.05) is 54.2 Å². The summed E-state index contributed by atoms with van der Waals surface area (Å²) in [5.41, 5.74) is 0.0918. The van der Waals surface area contributed by atoms with Crippen LogP contribution in [0, 0.1) is 0 Å². The first-order chi connectivity index (χ1) is 12.5.